The van der Waals surface area contributed by atoms with Crippen molar-refractivity contribution < 1.29 is 0 Å². The van der Waals surface area contributed by atoms with Gasteiger partial charge in [-0.15, -0.1) is 0 Å². The van der Waals surface area contributed by atoms with Crippen molar-refractivity contribution in [3.63, 3.8) is 0 Å². The number of piperidine rings is 3. The van der Waals surface area contributed by atoms with E-state index >= 15 is 0 Å². The molecule has 0 aromatic carbocycles. The lowest BCUT2D eigenvalue weighted by Crippen LogP contribution is -2.53. The molecule has 3 fully saturated rings. The third-order valence-electron chi connectivity index (χ3n) is 4.05. The fourth-order valence-electron chi connectivity index (χ4n) is 2.98. The standard InChI is InChI=1S/C13H20N4/c1-9-7-14-10(2)13(15-9)16-12-8-17-5-3-11(12)4-6-17/h7,11-12H,3-6,8H2,1-2H3,(H,15,16)/t12-/m1/s1. The predicted molar refractivity (Wildman–Crippen MR) is 68.1 cm³/mol. The summed E-state index contributed by atoms with van der Waals surface area (Å²) in [5, 5.41) is 3.61. The number of hydrogen-bond donors (Lipinski definition) is 1. The molecule has 92 valence electrons. The van der Waals surface area contributed by atoms with Crippen LogP contribution in [0.1, 0.15) is 24.2 Å². The van der Waals surface area contributed by atoms with E-state index in [1.54, 1.807) is 0 Å². The van der Waals surface area contributed by atoms with Gasteiger partial charge in [0, 0.05) is 18.8 Å². The average molecular weight is 232 g/mol. The molecule has 4 rings (SSSR count). The monoisotopic (exact) mass is 232 g/mol. The first-order chi connectivity index (χ1) is 8.22. The molecule has 17 heavy (non-hydrogen) atoms. The second-order valence-electron chi connectivity index (χ2n) is 5.33. The van der Waals surface area contributed by atoms with Crippen molar-refractivity contribution in [3.05, 3.63) is 17.6 Å². The van der Waals surface area contributed by atoms with Gasteiger partial charge in [-0.1, -0.05) is 0 Å². The van der Waals surface area contributed by atoms with Gasteiger partial charge in [0.05, 0.1) is 11.4 Å². The number of aromatic nitrogens is 2. The molecule has 4 nitrogen and oxygen atoms in total. The summed E-state index contributed by atoms with van der Waals surface area (Å²) < 4.78 is 0. The minimum atomic E-state index is 0.562. The van der Waals surface area contributed by atoms with Crippen molar-refractivity contribution in [3.8, 4) is 0 Å². The van der Waals surface area contributed by atoms with Crippen LogP contribution in [-0.4, -0.2) is 40.5 Å². The van der Waals surface area contributed by atoms with Crippen molar-refractivity contribution in [1.82, 2.24) is 14.9 Å². The number of anilines is 1. The summed E-state index contributed by atoms with van der Waals surface area (Å²) in [6.45, 7) is 7.74. The molecule has 0 unspecified atom stereocenters. The Balaban J connectivity index is 1.76. The third kappa shape index (κ3) is 2.14. The fraction of sp³-hybridized carbons (Fsp3) is 0.692. The Bertz CT molecular complexity index is 410. The summed E-state index contributed by atoms with van der Waals surface area (Å²) in [6.07, 6.45) is 4.49. The SMILES string of the molecule is Cc1cnc(C)c(N[C@@H]2CN3CCC2CC3)n1. The lowest BCUT2D eigenvalue weighted by Gasteiger charge is -2.45. The summed E-state index contributed by atoms with van der Waals surface area (Å²) >= 11 is 0. The van der Waals surface area contributed by atoms with E-state index in [-0.39, 0.29) is 0 Å². The summed E-state index contributed by atoms with van der Waals surface area (Å²) in [4.78, 5) is 11.5. The van der Waals surface area contributed by atoms with Crippen LogP contribution in [0.25, 0.3) is 0 Å². The number of nitrogens with one attached hydrogen (secondary N) is 1. The largest absolute Gasteiger partial charge is 0.364 e. The Hall–Kier alpha value is -1.16. The quantitative estimate of drug-likeness (QED) is 0.841. The van der Waals surface area contributed by atoms with E-state index in [2.05, 4.69) is 20.2 Å². The van der Waals surface area contributed by atoms with E-state index in [1.165, 1.54) is 32.5 Å². The predicted octanol–water partition coefficient (Wildman–Crippen LogP) is 1.60. The van der Waals surface area contributed by atoms with Crippen molar-refractivity contribution in [1.29, 1.82) is 0 Å². The number of fused-ring (bicyclic) bond motifs is 3. The van der Waals surface area contributed by atoms with E-state index in [0.717, 1.165) is 23.1 Å². The maximum atomic E-state index is 4.56. The minimum Gasteiger partial charge on any atom is -0.364 e. The topological polar surface area (TPSA) is 41.1 Å². The highest BCUT2D eigenvalue weighted by molar-refractivity contribution is 5.41. The van der Waals surface area contributed by atoms with Crippen molar-refractivity contribution in [2.45, 2.75) is 32.7 Å². The molecule has 4 heterocycles. The highest BCUT2D eigenvalue weighted by Crippen LogP contribution is 2.29. The first-order valence-corrected chi connectivity index (χ1v) is 6.51. The van der Waals surface area contributed by atoms with Crippen LogP contribution in [0.4, 0.5) is 5.82 Å². The normalized spacial score (nSPS) is 31.5. The maximum Gasteiger partial charge on any atom is 0.148 e. The van der Waals surface area contributed by atoms with Crippen molar-refractivity contribution in [2.75, 3.05) is 25.0 Å². The van der Waals surface area contributed by atoms with Gasteiger partial charge in [0.2, 0.25) is 0 Å². The van der Waals surface area contributed by atoms with Gasteiger partial charge in [0.1, 0.15) is 5.82 Å². The Morgan fingerprint density at radius 1 is 1.29 bits per heavy atom. The molecule has 0 saturated carbocycles. The van der Waals surface area contributed by atoms with Crippen LogP contribution in [0.3, 0.4) is 0 Å². The van der Waals surface area contributed by atoms with E-state index in [0.29, 0.717) is 6.04 Å². The highest BCUT2D eigenvalue weighted by Gasteiger charge is 2.34. The number of hydrogen-bond acceptors (Lipinski definition) is 4. The molecule has 0 spiro atoms. The zero-order valence-corrected chi connectivity index (χ0v) is 10.6. The Morgan fingerprint density at radius 2 is 2.06 bits per heavy atom. The molecule has 3 aliphatic heterocycles. The Morgan fingerprint density at radius 3 is 2.71 bits per heavy atom. The molecule has 1 atom stereocenters. The van der Waals surface area contributed by atoms with Crippen LogP contribution in [0.2, 0.25) is 0 Å². The minimum absolute atomic E-state index is 0.562. The van der Waals surface area contributed by atoms with E-state index in [4.69, 9.17) is 0 Å². The van der Waals surface area contributed by atoms with Gasteiger partial charge < -0.3 is 10.2 Å². The Labute approximate surface area is 102 Å². The van der Waals surface area contributed by atoms with Crippen LogP contribution >= 0.6 is 0 Å². The summed E-state index contributed by atoms with van der Waals surface area (Å²) in [5.41, 5.74) is 1.99. The van der Waals surface area contributed by atoms with Gasteiger partial charge in [-0.3, -0.25) is 4.98 Å². The molecule has 2 bridgehead atoms. The lowest BCUT2D eigenvalue weighted by atomic mass is 9.84. The molecular formula is C13H20N4. The van der Waals surface area contributed by atoms with E-state index < -0.39 is 0 Å². The second kappa shape index (κ2) is 4.26. The van der Waals surface area contributed by atoms with Crippen molar-refractivity contribution >= 4 is 5.82 Å². The van der Waals surface area contributed by atoms with Gasteiger partial charge in [-0.05, 0) is 45.7 Å². The van der Waals surface area contributed by atoms with Crippen LogP contribution in [0, 0.1) is 19.8 Å². The molecule has 1 aromatic rings. The van der Waals surface area contributed by atoms with Gasteiger partial charge in [0.15, 0.2) is 0 Å². The van der Waals surface area contributed by atoms with Crippen LogP contribution < -0.4 is 5.32 Å². The smallest absolute Gasteiger partial charge is 0.148 e. The second-order valence-corrected chi connectivity index (χ2v) is 5.33. The van der Waals surface area contributed by atoms with Gasteiger partial charge in [-0.25, -0.2) is 4.98 Å². The van der Waals surface area contributed by atoms with E-state index in [9.17, 15) is 0 Å². The number of aryl methyl sites for hydroxylation is 2. The molecule has 0 radical (unpaired) electrons. The summed E-state index contributed by atoms with van der Waals surface area (Å²) in [6, 6.07) is 0.562. The van der Waals surface area contributed by atoms with Gasteiger partial charge >= 0.3 is 0 Å². The summed E-state index contributed by atoms with van der Waals surface area (Å²) in [7, 11) is 0. The molecule has 3 aliphatic rings. The molecule has 1 aromatic heterocycles. The van der Waals surface area contributed by atoms with Crippen LogP contribution in [0.15, 0.2) is 6.20 Å². The third-order valence-corrected chi connectivity index (χ3v) is 4.05. The van der Waals surface area contributed by atoms with Crippen LogP contribution in [-0.2, 0) is 0 Å². The molecule has 0 aliphatic carbocycles. The first-order valence-electron chi connectivity index (χ1n) is 6.51. The maximum absolute atomic E-state index is 4.56. The highest BCUT2D eigenvalue weighted by atomic mass is 15.2. The zero-order chi connectivity index (χ0) is 11.8. The van der Waals surface area contributed by atoms with Crippen molar-refractivity contribution in [2.24, 2.45) is 5.92 Å². The first kappa shape index (κ1) is 11.0. The van der Waals surface area contributed by atoms with Crippen LogP contribution in [0.5, 0.6) is 0 Å². The molecule has 0 amide bonds. The molecular weight excluding hydrogens is 212 g/mol. The molecule has 1 N–H and O–H groups in total. The number of nitrogens with zero attached hydrogens (tertiary/aromatic N) is 3. The number of rotatable bonds is 2. The zero-order valence-electron chi connectivity index (χ0n) is 10.6. The van der Waals surface area contributed by atoms with Gasteiger partial charge in [-0.2, -0.15) is 0 Å². The fourth-order valence-corrected chi connectivity index (χ4v) is 2.98. The average Bonchev–Trinajstić information content (AvgIpc) is 2.35. The van der Waals surface area contributed by atoms with E-state index in [1.807, 2.05) is 20.0 Å². The Kier molecular flexibility index (Phi) is 2.74. The molecule has 4 heteroatoms. The summed E-state index contributed by atoms with van der Waals surface area (Å²) in [5.74, 6) is 1.80. The van der Waals surface area contributed by atoms with Gasteiger partial charge in [0.25, 0.3) is 0 Å². The lowest BCUT2D eigenvalue weighted by molar-refractivity contribution is 0.0973. The molecule has 3 saturated heterocycles.